The van der Waals surface area contributed by atoms with Gasteiger partial charge in [0.2, 0.25) is 10.0 Å². The molecule has 0 bridgehead atoms. The molecule has 3 fully saturated rings. The Morgan fingerprint density at radius 3 is 2.43 bits per heavy atom. The van der Waals surface area contributed by atoms with Gasteiger partial charge in [0, 0.05) is 32.1 Å². The van der Waals surface area contributed by atoms with E-state index in [-0.39, 0.29) is 28.6 Å². The number of rotatable bonds is 4. The average molecular weight is 409 g/mol. The molecule has 0 saturated carbocycles. The Hall–Kier alpha value is -1.48. The molecule has 0 spiro atoms. The lowest BCUT2D eigenvalue weighted by Crippen LogP contribution is -2.44. The number of amides is 1. The number of sulfonamides is 1. The van der Waals surface area contributed by atoms with E-state index in [1.807, 2.05) is 0 Å². The highest BCUT2D eigenvalue weighted by atomic mass is 32.2. The fourth-order valence-corrected chi connectivity index (χ4v) is 6.05. The molecule has 0 aromatic heterocycles. The molecule has 8 heteroatoms. The van der Waals surface area contributed by atoms with Crippen LogP contribution in [0.5, 0.6) is 0 Å². The summed E-state index contributed by atoms with van der Waals surface area (Å²) in [5.74, 6) is -0.0926. The maximum atomic E-state index is 13.3. The molecular weight excluding hydrogens is 380 g/mol. The summed E-state index contributed by atoms with van der Waals surface area (Å²) in [5, 5.41) is 0. The Morgan fingerprint density at radius 2 is 1.68 bits per heavy atom. The van der Waals surface area contributed by atoms with Crippen LogP contribution in [-0.4, -0.2) is 69.2 Å². The molecule has 3 heterocycles. The molecule has 3 aliphatic heterocycles. The summed E-state index contributed by atoms with van der Waals surface area (Å²) < 4.78 is 39.1. The van der Waals surface area contributed by atoms with E-state index in [1.165, 1.54) is 4.31 Å². The highest BCUT2D eigenvalue weighted by Gasteiger charge is 2.35. The third-order valence-corrected chi connectivity index (χ3v) is 7.78. The summed E-state index contributed by atoms with van der Waals surface area (Å²) in [6.45, 7) is 3.37. The molecule has 3 saturated heterocycles. The molecule has 0 aliphatic carbocycles. The Bertz CT molecular complexity index is 801. The predicted octanol–water partition coefficient (Wildman–Crippen LogP) is 2.09. The van der Waals surface area contributed by atoms with Crippen molar-refractivity contribution in [3.63, 3.8) is 0 Å². The van der Waals surface area contributed by atoms with E-state index in [2.05, 4.69) is 0 Å². The maximum Gasteiger partial charge on any atom is 0.255 e. The first-order valence-electron chi connectivity index (χ1n) is 10.2. The highest BCUT2D eigenvalue weighted by Crippen LogP contribution is 2.28. The van der Waals surface area contributed by atoms with Gasteiger partial charge in [0.15, 0.2) is 6.29 Å². The van der Waals surface area contributed by atoms with Crippen molar-refractivity contribution in [2.45, 2.75) is 43.3 Å². The molecule has 1 atom stereocenters. The average Bonchev–Trinajstić information content (AvgIpc) is 3.29. The molecule has 0 N–H and O–H groups in total. The third kappa shape index (κ3) is 3.96. The Balaban J connectivity index is 1.56. The minimum Gasteiger partial charge on any atom is -0.350 e. The highest BCUT2D eigenvalue weighted by molar-refractivity contribution is 7.89. The number of nitrogens with zero attached hydrogens (tertiary/aromatic N) is 2. The van der Waals surface area contributed by atoms with Crippen LogP contribution in [0.1, 0.15) is 42.5 Å². The van der Waals surface area contributed by atoms with Crippen molar-refractivity contribution in [3.8, 4) is 0 Å². The molecule has 1 aromatic rings. The second-order valence-electron chi connectivity index (χ2n) is 7.72. The quantitative estimate of drug-likeness (QED) is 0.763. The van der Waals surface area contributed by atoms with Gasteiger partial charge in [-0.25, -0.2) is 8.42 Å². The molecule has 3 aliphatic rings. The van der Waals surface area contributed by atoms with Gasteiger partial charge in [-0.05, 0) is 37.8 Å². The van der Waals surface area contributed by atoms with Crippen LogP contribution in [-0.2, 0) is 19.5 Å². The lowest BCUT2D eigenvalue weighted by molar-refractivity contribution is -0.0969. The lowest BCUT2D eigenvalue weighted by Gasteiger charge is -2.35. The van der Waals surface area contributed by atoms with Crippen LogP contribution in [0.15, 0.2) is 29.2 Å². The van der Waals surface area contributed by atoms with Crippen LogP contribution < -0.4 is 0 Å². The molecule has 1 aromatic carbocycles. The van der Waals surface area contributed by atoms with Crippen molar-refractivity contribution in [2.24, 2.45) is 5.92 Å². The van der Waals surface area contributed by atoms with Gasteiger partial charge in [0.25, 0.3) is 5.91 Å². The number of likely N-dealkylation sites (tertiary alicyclic amines) is 1. The first-order chi connectivity index (χ1) is 13.6. The molecule has 4 rings (SSSR count). The summed E-state index contributed by atoms with van der Waals surface area (Å²) in [4.78, 5) is 15.1. The third-order valence-electron chi connectivity index (χ3n) is 5.83. The summed E-state index contributed by atoms with van der Waals surface area (Å²) in [7, 11) is -3.67. The van der Waals surface area contributed by atoms with Crippen molar-refractivity contribution in [2.75, 3.05) is 39.4 Å². The van der Waals surface area contributed by atoms with E-state index in [9.17, 15) is 13.2 Å². The van der Waals surface area contributed by atoms with Gasteiger partial charge in [0.1, 0.15) is 0 Å². The minimum absolute atomic E-state index is 0.123. The zero-order valence-electron chi connectivity index (χ0n) is 16.1. The monoisotopic (exact) mass is 408 g/mol. The number of hydrogen-bond donors (Lipinski definition) is 0. The number of carbonyl (C=O) groups is 1. The van der Waals surface area contributed by atoms with Crippen LogP contribution in [0, 0.1) is 5.92 Å². The fraction of sp³-hybridized carbons (Fsp3) is 0.650. The van der Waals surface area contributed by atoms with Crippen molar-refractivity contribution >= 4 is 15.9 Å². The van der Waals surface area contributed by atoms with E-state index in [1.54, 1.807) is 29.2 Å². The minimum atomic E-state index is -3.67. The number of hydrogen-bond acceptors (Lipinski definition) is 5. The van der Waals surface area contributed by atoms with E-state index in [0.717, 1.165) is 32.1 Å². The molecule has 0 radical (unpaired) electrons. The molecule has 154 valence electrons. The smallest absolute Gasteiger partial charge is 0.255 e. The van der Waals surface area contributed by atoms with Crippen molar-refractivity contribution in [1.29, 1.82) is 0 Å². The van der Waals surface area contributed by atoms with Crippen molar-refractivity contribution in [3.05, 3.63) is 29.8 Å². The summed E-state index contributed by atoms with van der Waals surface area (Å²) in [6.07, 6.45) is 4.33. The second kappa shape index (κ2) is 8.49. The van der Waals surface area contributed by atoms with E-state index >= 15 is 0 Å². The first kappa shape index (κ1) is 19.8. The number of piperidine rings is 2. The topological polar surface area (TPSA) is 76.2 Å². The molecule has 7 nitrogen and oxygen atoms in total. The van der Waals surface area contributed by atoms with Crippen LogP contribution in [0.3, 0.4) is 0 Å². The summed E-state index contributed by atoms with van der Waals surface area (Å²) in [6, 6.07) is 6.60. The van der Waals surface area contributed by atoms with Crippen molar-refractivity contribution in [1.82, 2.24) is 9.21 Å². The molecule has 1 unspecified atom stereocenters. The lowest BCUT2D eigenvalue weighted by atomic mass is 9.96. The molecule has 28 heavy (non-hydrogen) atoms. The van der Waals surface area contributed by atoms with Gasteiger partial charge >= 0.3 is 0 Å². The van der Waals surface area contributed by atoms with Gasteiger partial charge in [-0.15, -0.1) is 0 Å². The van der Waals surface area contributed by atoms with Crippen molar-refractivity contribution < 1.29 is 22.7 Å². The van der Waals surface area contributed by atoms with Crippen LogP contribution in [0.2, 0.25) is 0 Å². The standard InChI is InChI=1S/C20H28N2O5S/c23-19(21-10-6-7-16(15-21)20-26-13-14-27-20)17-8-2-3-9-18(17)28(24,25)22-11-4-1-5-12-22/h2-3,8-9,16,20H,1,4-7,10-15H2. The van der Waals surface area contributed by atoms with Gasteiger partial charge in [-0.1, -0.05) is 18.6 Å². The van der Waals surface area contributed by atoms with Gasteiger partial charge < -0.3 is 14.4 Å². The molecular formula is C20H28N2O5S. The largest absolute Gasteiger partial charge is 0.350 e. The summed E-state index contributed by atoms with van der Waals surface area (Å²) in [5.41, 5.74) is 0.266. The second-order valence-corrected chi connectivity index (χ2v) is 9.63. The van der Waals surface area contributed by atoms with Gasteiger partial charge in [0.05, 0.1) is 23.7 Å². The number of carbonyl (C=O) groups excluding carboxylic acids is 1. The SMILES string of the molecule is O=C(c1ccccc1S(=O)(=O)N1CCCCC1)N1CCCC(C2OCCO2)C1. The van der Waals surface area contributed by atoms with Crippen LogP contribution in [0.4, 0.5) is 0 Å². The Labute approximate surface area is 166 Å². The predicted molar refractivity (Wildman–Crippen MR) is 103 cm³/mol. The summed E-state index contributed by atoms with van der Waals surface area (Å²) >= 11 is 0. The number of ether oxygens (including phenoxy) is 2. The first-order valence-corrected chi connectivity index (χ1v) is 11.6. The van der Waals surface area contributed by atoms with Gasteiger partial charge in [-0.3, -0.25) is 4.79 Å². The van der Waals surface area contributed by atoms with E-state index < -0.39 is 10.0 Å². The van der Waals surface area contributed by atoms with E-state index in [0.29, 0.717) is 39.4 Å². The van der Waals surface area contributed by atoms with Gasteiger partial charge in [-0.2, -0.15) is 4.31 Å². The Morgan fingerprint density at radius 1 is 0.964 bits per heavy atom. The van der Waals surface area contributed by atoms with Crippen LogP contribution in [0.25, 0.3) is 0 Å². The van der Waals surface area contributed by atoms with E-state index in [4.69, 9.17) is 9.47 Å². The normalized spacial score (nSPS) is 25.1. The maximum absolute atomic E-state index is 13.3. The fourth-order valence-electron chi connectivity index (χ4n) is 4.35. The zero-order valence-corrected chi connectivity index (χ0v) is 16.9. The van der Waals surface area contributed by atoms with Crippen LogP contribution >= 0.6 is 0 Å². The molecule has 1 amide bonds. The zero-order chi connectivity index (χ0) is 19.6. The Kier molecular flexibility index (Phi) is 6.01. The number of benzene rings is 1.